The highest BCUT2D eigenvalue weighted by molar-refractivity contribution is 5.84. The third kappa shape index (κ3) is 5.65. The van der Waals surface area contributed by atoms with Crippen LogP contribution >= 0.6 is 0 Å². The highest BCUT2D eigenvalue weighted by Gasteiger charge is 2.50. The summed E-state index contributed by atoms with van der Waals surface area (Å²) in [4.78, 5) is 37.8. The number of ether oxygens (including phenoxy) is 1. The lowest BCUT2D eigenvalue weighted by molar-refractivity contribution is -0.144. The van der Waals surface area contributed by atoms with Crippen molar-refractivity contribution in [3.05, 3.63) is 77.9 Å². The van der Waals surface area contributed by atoms with E-state index in [2.05, 4.69) is 27.4 Å². The molecular formula is C27H31NO6. The highest BCUT2D eigenvalue weighted by Crippen LogP contribution is 2.41. The summed E-state index contributed by atoms with van der Waals surface area (Å²) in [6, 6.07) is 15.5. The number of carbonyl (C=O) groups is 3. The number of nitrogens with zero attached hydrogens (tertiary/aromatic N) is 1. The third-order valence-electron chi connectivity index (χ3n) is 6.32. The van der Waals surface area contributed by atoms with Crippen LogP contribution in [-0.4, -0.2) is 45.7 Å². The van der Waals surface area contributed by atoms with E-state index < -0.39 is 42.3 Å². The van der Waals surface area contributed by atoms with Gasteiger partial charge in [0.2, 0.25) is 0 Å². The summed E-state index contributed by atoms with van der Waals surface area (Å²) in [5.74, 6) is -3.77. The molecule has 2 N–H and O–H groups in total. The minimum Gasteiger partial charge on any atom is -0.481 e. The molecule has 180 valence electrons. The van der Waals surface area contributed by atoms with Gasteiger partial charge in [0.15, 0.2) is 0 Å². The van der Waals surface area contributed by atoms with Gasteiger partial charge >= 0.3 is 18.0 Å². The van der Waals surface area contributed by atoms with Crippen molar-refractivity contribution in [3.63, 3.8) is 0 Å². The number of hydrogen-bond donors (Lipinski definition) is 2. The van der Waals surface area contributed by atoms with Crippen molar-refractivity contribution < 1.29 is 29.3 Å². The van der Waals surface area contributed by atoms with Crippen molar-refractivity contribution in [1.29, 1.82) is 0 Å². The lowest BCUT2D eigenvalue weighted by Crippen LogP contribution is -2.44. The number of amides is 1. The first-order valence-electron chi connectivity index (χ1n) is 11.2. The van der Waals surface area contributed by atoms with Gasteiger partial charge in [0.05, 0.1) is 6.42 Å². The van der Waals surface area contributed by atoms with Crippen molar-refractivity contribution in [1.82, 2.24) is 4.90 Å². The Morgan fingerprint density at radius 3 is 2.18 bits per heavy atom. The fourth-order valence-corrected chi connectivity index (χ4v) is 4.44. The topological polar surface area (TPSA) is 104 Å². The molecule has 1 amide bonds. The van der Waals surface area contributed by atoms with E-state index >= 15 is 0 Å². The average Bonchev–Trinajstić information content (AvgIpc) is 3.16. The maximum absolute atomic E-state index is 12.9. The monoisotopic (exact) mass is 465 g/mol. The van der Waals surface area contributed by atoms with Gasteiger partial charge in [0.1, 0.15) is 12.6 Å². The number of likely N-dealkylation sites (tertiary alicyclic amines) is 1. The van der Waals surface area contributed by atoms with Gasteiger partial charge in [-0.25, -0.2) is 9.59 Å². The maximum atomic E-state index is 12.9. The second-order valence-electron chi connectivity index (χ2n) is 9.70. The van der Waals surface area contributed by atoms with Crippen LogP contribution in [0.25, 0.3) is 5.57 Å². The molecule has 0 spiro atoms. The van der Waals surface area contributed by atoms with Gasteiger partial charge in [-0.15, -0.1) is 0 Å². The van der Waals surface area contributed by atoms with Gasteiger partial charge in [-0.1, -0.05) is 81.9 Å². The molecule has 1 fully saturated rings. The summed E-state index contributed by atoms with van der Waals surface area (Å²) < 4.78 is 5.38. The molecule has 0 aromatic heterocycles. The number of hydrogen-bond acceptors (Lipinski definition) is 4. The smallest absolute Gasteiger partial charge is 0.410 e. The SMILES string of the molecule is C=C(c1ccc(C(C)(C)C)cc1)[C@H]1CN(C(=O)OCc2ccccc2)[C@H](C(=O)O)[C@H]1CC(=O)O. The Morgan fingerprint density at radius 1 is 1.03 bits per heavy atom. The fourth-order valence-electron chi connectivity index (χ4n) is 4.44. The lowest BCUT2D eigenvalue weighted by atomic mass is 9.80. The van der Waals surface area contributed by atoms with Crippen LogP contribution in [0.5, 0.6) is 0 Å². The molecule has 1 heterocycles. The molecule has 7 heteroatoms. The van der Waals surface area contributed by atoms with Gasteiger partial charge in [0.25, 0.3) is 0 Å². The molecule has 3 atom stereocenters. The largest absolute Gasteiger partial charge is 0.481 e. The Morgan fingerprint density at radius 2 is 1.65 bits per heavy atom. The third-order valence-corrected chi connectivity index (χ3v) is 6.32. The lowest BCUT2D eigenvalue weighted by Gasteiger charge is -2.24. The summed E-state index contributed by atoms with van der Waals surface area (Å²) in [6.07, 6.45) is -1.19. The van der Waals surface area contributed by atoms with E-state index in [1.807, 2.05) is 42.5 Å². The molecule has 1 aliphatic rings. The van der Waals surface area contributed by atoms with Crippen LogP contribution in [0, 0.1) is 11.8 Å². The van der Waals surface area contributed by atoms with Gasteiger partial charge in [-0.05, 0) is 27.7 Å². The normalized spacial score (nSPS) is 20.1. The van der Waals surface area contributed by atoms with Crippen molar-refractivity contribution >= 4 is 23.6 Å². The van der Waals surface area contributed by atoms with Gasteiger partial charge in [-0.3, -0.25) is 9.69 Å². The van der Waals surface area contributed by atoms with Crippen LogP contribution < -0.4 is 0 Å². The van der Waals surface area contributed by atoms with Crippen LogP contribution in [0.15, 0.2) is 61.2 Å². The van der Waals surface area contributed by atoms with Gasteiger partial charge < -0.3 is 14.9 Å². The van der Waals surface area contributed by atoms with Crippen molar-refractivity contribution in [3.8, 4) is 0 Å². The number of carbonyl (C=O) groups excluding carboxylic acids is 1. The zero-order chi connectivity index (χ0) is 25.0. The van der Waals surface area contributed by atoms with Crippen LogP contribution in [0.4, 0.5) is 4.79 Å². The van der Waals surface area contributed by atoms with E-state index in [-0.39, 0.29) is 18.6 Å². The second kappa shape index (κ2) is 10.1. The Labute approximate surface area is 199 Å². The zero-order valence-corrected chi connectivity index (χ0v) is 19.7. The molecule has 34 heavy (non-hydrogen) atoms. The number of rotatable bonds is 7. The quantitative estimate of drug-likeness (QED) is 0.608. The van der Waals surface area contributed by atoms with E-state index in [9.17, 15) is 24.6 Å². The first-order valence-corrected chi connectivity index (χ1v) is 11.2. The van der Waals surface area contributed by atoms with Crippen molar-refractivity contribution in [2.24, 2.45) is 11.8 Å². The van der Waals surface area contributed by atoms with Crippen LogP contribution in [0.2, 0.25) is 0 Å². The summed E-state index contributed by atoms with van der Waals surface area (Å²) in [6.45, 7) is 10.5. The minimum absolute atomic E-state index is 0.00795. The van der Waals surface area contributed by atoms with Crippen molar-refractivity contribution in [2.75, 3.05) is 6.54 Å². The molecule has 1 aliphatic heterocycles. The summed E-state index contributed by atoms with van der Waals surface area (Å²) in [5, 5.41) is 19.4. The molecule has 1 saturated heterocycles. The highest BCUT2D eigenvalue weighted by atomic mass is 16.6. The molecule has 2 aromatic carbocycles. The number of benzene rings is 2. The predicted molar refractivity (Wildman–Crippen MR) is 128 cm³/mol. The minimum atomic E-state index is -1.32. The van der Waals surface area contributed by atoms with Gasteiger partial charge in [0, 0.05) is 18.4 Å². The number of carboxylic acids is 2. The van der Waals surface area contributed by atoms with E-state index in [1.54, 1.807) is 12.1 Å². The van der Waals surface area contributed by atoms with Crippen LogP contribution in [0.3, 0.4) is 0 Å². The number of carboxylic acid groups (broad SMARTS) is 2. The molecule has 0 bridgehead atoms. The van der Waals surface area contributed by atoms with E-state index in [0.717, 1.165) is 21.6 Å². The second-order valence-corrected chi connectivity index (χ2v) is 9.70. The molecule has 0 radical (unpaired) electrons. The maximum Gasteiger partial charge on any atom is 0.410 e. The molecule has 0 unspecified atom stereocenters. The first kappa shape index (κ1) is 25.0. The van der Waals surface area contributed by atoms with Crippen LogP contribution in [-0.2, 0) is 26.3 Å². The number of aliphatic carboxylic acids is 2. The molecule has 0 saturated carbocycles. The fraction of sp³-hybridized carbons (Fsp3) is 0.370. The molecule has 0 aliphatic carbocycles. The Bertz CT molecular complexity index is 1050. The summed E-state index contributed by atoms with van der Waals surface area (Å²) >= 11 is 0. The van der Waals surface area contributed by atoms with Crippen molar-refractivity contribution in [2.45, 2.75) is 45.3 Å². The molecule has 2 aromatic rings. The molecular weight excluding hydrogens is 434 g/mol. The average molecular weight is 466 g/mol. The van der Waals surface area contributed by atoms with Crippen LogP contribution in [0.1, 0.15) is 43.9 Å². The summed E-state index contributed by atoms with van der Waals surface area (Å²) in [5.41, 5.74) is 3.26. The van der Waals surface area contributed by atoms with Gasteiger partial charge in [-0.2, -0.15) is 0 Å². The Kier molecular flexibility index (Phi) is 7.44. The summed E-state index contributed by atoms with van der Waals surface area (Å²) in [7, 11) is 0. The van der Waals surface area contributed by atoms with E-state index in [1.165, 1.54) is 0 Å². The molecule has 7 nitrogen and oxygen atoms in total. The molecule has 3 rings (SSSR count). The Balaban J connectivity index is 1.86. The van der Waals surface area contributed by atoms with E-state index in [4.69, 9.17) is 4.74 Å². The van der Waals surface area contributed by atoms with E-state index in [0.29, 0.717) is 5.57 Å². The first-order chi connectivity index (χ1) is 16.0. The standard InChI is InChI=1S/C27H31NO6/c1-17(19-10-12-20(13-11-19)27(2,3)4)22-15-28(24(25(31)32)21(22)14-23(29)30)26(33)34-16-18-8-6-5-7-9-18/h5-13,21-22,24H,1,14-16H2,2-4H3,(H,29,30)(H,31,32)/t21-,22+,24-/m0/s1. The Hall–Kier alpha value is -3.61. The zero-order valence-electron chi connectivity index (χ0n) is 19.7. The predicted octanol–water partition coefficient (Wildman–Crippen LogP) is 4.81.